The van der Waals surface area contributed by atoms with Crippen molar-refractivity contribution in [3.05, 3.63) is 0 Å². The second-order valence-corrected chi connectivity index (χ2v) is 9.02. The van der Waals surface area contributed by atoms with Gasteiger partial charge in [0.05, 0.1) is 0 Å². The maximum Gasteiger partial charge on any atom is 0.133 e. The number of carbonyl (C=O) groups excluding carboxylic acids is 1. The normalized spacial score (nSPS) is 49.7. The van der Waals surface area contributed by atoms with Gasteiger partial charge in [0.2, 0.25) is 0 Å². The molecule has 118 valence electrons. The van der Waals surface area contributed by atoms with Gasteiger partial charge in [0.25, 0.3) is 0 Å². The van der Waals surface area contributed by atoms with E-state index in [9.17, 15) is 4.79 Å². The molecule has 0 aliphatic heterocycles. The summed E-state index contributed by atoms with van der Waals surface area (Å²) in [6.45, 7) is 4.90. The first-order valence-corrected chi connectivity index (χ1v) is 9.67. The third-order valence-corrected chi connectivity index (χ3v) is 7.90. The fourth-order valence-electron chi connectivity index (χ4n) is 7.14. The van der Waals surface area contributed by atoms with Crippen LogP contribution in [0.15, 0.2) is 0 Å². The second kappa shape index (κ2) is 5.39. The molecule has 0 radical (unpaired) electrons. The average Bonchev–Trinajstić information content (AvgIpc) is 2.93. The Morgan fingerprint density at radius 3 is 2.57 bits per heavy atom. The highest BCUT2D eigenvalue weighted by atomic mass is 16.1. The third-order valence-electron chi connectivity index (χ3n) is 7.90. The number of rotatable bonds is 1. The Morgan fingerprint density at radius 1 is 0.905 bits per heavy atom. The van der Waals surface area contributed by atoms with E-state index in [0.29, 0.717) is 5.78 Å². The lowest BCUT2D eigenvalue weighted by Gasteiger charge is -2.56. The van der Waals surface area contributed by atoms with Crippen LogP contribution in [0.5, 0.6) is 0 Å². The van der Waals surface area contributed by atoms with Crippen LogP contribution in [0.1, 0.15) is 71.6 Å². The molecule has 7 unspecified atom stereocenters. The van der Waals surface area contributed by atoms with Gasteiger partial charge in [-0.15, -0.1) is 0 Å². The first-order valence-electron chi connectivity index (χ1n) is 9.67. The third kappa shape index (κ3) is 2.30. The van der Waals surface area contributed by atoms with Crippen LogP contribution in [-0.2, 0) is 4.79 Å². The molecule has 0 aromatic rings. The topological polar surface area (TPSA) is 17.1 Å². The van der Waals surface area contributed by atoms with E-state index in [0.717, 1.165) is 60.2 Å². The lowest BCUT2D eigenvalue weighted by Crippen LogP contribution is -2.50. The summed E-state index contributed by atoms with van der Waals surface area (Å²) in [5.74, 6) is 8.05. The van der Waals surface area contributed by atoms with Crippen LogP contribution in [0, 0.1) is 47.3 Å². The maximum atomic E-state index is 11.9. The molecule has 7 atom stereocenters. The monoisotopic (exact) mass is 288 g/mol. The molecule has 21 heavy (non-hydrogen) atoms. The quantitative estimate of drug-likeness (QED) is 0.657. The van der Waals surface area contributed by atoms with Crippen LogP contribution in [0.25, 0.3) is 0 Å². The van der Waals surface area contributed by atoms with Gasteiger partial charge >= 0.3 is 0 Å². The molecule has 0 saturated heterocycles. The molecule has 0 aromatic heterocycles. The van der Waals surface area contributed by atoms with Crippen LogP contribution in [0.4, 0.5) is 0 Å². The van der Waals surface area contributed by atoms with Gasteiger partial charge in [0.15, 0.2) is 0 Å². The first kappa shape index (κ1) is 14.3. The molecule has 0 amide bonds. The van der Waals surface area contributed by atoms with Gasteiger partial charge in [0.1, 0.15) is 5.78 Å². The Bertz CT molecular complexity index is 412. The summed E-state index contributed by atoms with van der Waals surface area (Å²) < 4.78 is 0. The lowest BCUT2D eigenvalue weighted by atomic mass is 9.49. The molecule has 4 aliphatic rings. The number of carbonyl (C=O) groups is 1. The van der Waals surface area contributed by atoms with Gasteiger partial charge in [-0.2, -0.15) is 0 Å². The van der Waals surface area contributed by atoms with Crippen LogP contribution >= 0.6 is 0 Å². The van der Waals surface area contributed by atoms with E-state index in [1.165, 1.54) is 44.9 Å². The molecule has 4 saturated carbocycles. The van der Waals surface area contributed by atoms with Crippen molar-refractivity contribution in [2.45, 2.75) is 71.6 Å². The van der Waals surface area contributed by atoms with Crippen LogP contribution in [0.2, 0.25) is 0 Å². The Kier molecular flexibility index (Phi) is 3.66. The molecular formula is C20H32O. The first-order chi connectivity index (χ1) is 10.1. The lowest BCUT2D eigenvalue weighted by molar-refractivity contribution is -0.129. The molecule has 0 aromatic carbocycles. The van der Waals surface area contributed by atoms with E-state index in [1.807, 2.05) is 0 Å². The molecule has 1 nitrogen and oxygen atoms in total. The number of hydrogen-bond donors (Lipinski definition) is 0. The molecule has 0 spiro atoms. The van der Waals surface area contributed by atoms with E-state index in [4.69, 9.17) is 0 Å². The Balaban J connectivity index is 1.64. The van der Waals surface area contributed by atoms with Crippen molar-refractivity contribution >= 4 is 5.78 Å². The van der Waals surface area contributed by atoms with Crippen molar-refractivity contribution in [3.8, 4) is 0 Å². The number of fused-ring (bicyclic) bond motifs is 5. The summed E-state index contributed by atoms with van der Waals surface area (Å²) in [5, 5.41) is 0. The van der Waals surface area contributed by atoms with Crippen molar-refractivity contribution in [1.82, 2.24) is 0 Å². The average molecular weight is 288 g/mol. The van der Waals surface area contributed by atoms with Crippen LogP contribution < -0.4 is 0 Å². The zero-order valence-corrected chi connectivity index (χ0v) is 13.9. The number of hydrogen-bond acceptors (Lipinski definition) is 1. The van der Waals surface area contributed by atoms with Gasteiger partial charge in [-0.1, -0.05) is 26.7 Å². The van der Waals surface area contributed by atoms with E-state index >= 15 is 0 Å². The minimum Gasteiger partial charge on any atom is -0.300 e. The maximum absolute atomic E-state index is 11.9. The molecule has 0 heterocycles. The summed E-state index contributed by atoms with van der Waals surface area (Å²) in [5.41, 5.74) is 0. The second-order valence-electron chi connectivity index (χ2n) is 9.02. The van der Waals surface area contributed by atoms with Crippen molar-refractivity contribution in [2.75, 3.05) is 0 Å². The predicted molar refractivity (Wildman–Crippen MR) is 85.8 cm³/mol. The zero-order valence-electron chi connectivity index (χ0n) is 13.9. The number of ketones is 1. The fourth-order valence-corrected chi connectivity index (χ4v) is 7.14. The van der Waals surface area contributed by atoms with Crippen molar-refractivity contribution < 1.29 is 4.79 Å². The van der Waals surface area contributed by atoms with Crippen molar-refractivity contribution in [1.29, 1.82) is 0 Å². The van der Waals surface area contributed by atoms with Crippen molar-refractivity contribution in [2.24, 2.45) is 47.3 Å². The van der Waals surface area contributed by atoms with E-state index in [1.54, 1.807) is 0 Å². The summed E-state index contributed by atoms with van der Waals surface area (Å²) in [6.07, 6.45) is 12.0. The van der Waals surface area contributed by atoms with E-state index in [-0.39, 0.29) is 0 Å². The van der Waals surface area contributed by atoms with E-state index in [2.05, 4.69) is 13.8 Å². The van der Waals surface area contributed by atoms with Gasteiger partial charge in [-0.05, 0) is 79.4 Å². The SMILES string of the molecule is CC(C)C1CC2CC(=O)CCC2C2CCC3CCCC3C12. The number of Topliss-reactive ketones (excluding diaryl/α,β-unsaturated/α-hetero) is 1. The zero-order chi connectivity index (χ0) is 14.6. The minimum absolute atomic E-state index is 0.562. The highest BCUT2D eigenvalue weighted by Crippen LogP contribution is 2.60. The summed E-state index contributed by atoms with van der Waals surface area (Å²) in [6, 6.07) is 0. The molecule has 1 heteroatoms. The largest absolute Gasteiger partial charge is 0.300 e. The van der Waals surface area contributed by atoms with Crippen molar-refractivity contribution in [3.63, 3.8) is 0 Å². The smallest absolute Gasteiger partial charge is 0.133 e. The standard InChI is InChI=1S/C20H32O/c1-12(2)19-11-14-10-15(21)7-9-16(14)18-8-6-13-4-3-5-17(13)20(18)19/h12-14,16-20H,3-11H2,1-2H3. The minimum atomic E-state index is 0.562. The van der Waals surface area contributed by atoms with Gasteiger partial charge in [-0.25, -0.2) is 0 Å². The Morgan fingerprint density at radius 2 is 1.76 bits per heavy atom. The Labute approximate surface area is 130 Å². The predicted octanol–water partition coefficient (Wildman–Crippen LogP) is 5.09. The van der Waals surface area contributed by atoms with Crippen LogP contribution in [-0.4, -0.2) is 5.78 Å². The van der Waals surface area contributed by atoms with Gasteiger partial charge in [-0.3, -0.25) is 4.79 Å². The summed E-state index contributed by atoms with van der Waals surface area (Å²) in [4.78, 5) is 11.9. The van der Waals surface area contributed by atoms with Gasteiger partial charge in [0, 0.05) is 12.8 Å². The molecule has 0 N–H and O–H groups in total. The van der Waals surface area contributed by atoms with Crippen LogP contribution in [0.3, 0.4) is 0 Å². The molecule has 0 bridgehead atoms. The molecule has 4 rings (SSSR count). The molecule has 4 fully saturated rings. The van der Waals surface area contributed by atoms with Gasteiger partial charge < -0.3 is 0 Å². The summed E-state index contributed by atoms with van der Waals surface area (Å²) in [7, 11) is 0. The highest BCUT2D eigenvalue weighted by Gasteiger charge is 2.53. The molecule has 4 aliphatic carbocycles. The fraction of sp³-hybridized carbons (Fsp3) is 0.950. The molecular weight excluding hydrogens is 256 g/mol. The van der Waals surface area contributed by atoms with E-state index < -0.39 is 0 Å². The summed E-state index contributed by atoms with van der Waals surface area (Å²) >= 11 is 0. The highest BCUT2D eigenvalue weighted by molar-refractivity contribution is 5.79. The Hall–Kier alpha value is -0.330.